The van der Waals surface area contributed by atoms with E-state index in [4.69, 9.17) is 0 Å². The Morgan fingerprint density at radius 1 is 1.09 bits per heavy atom. The van der Waals surface area contributed by atoms with Gasteiger partial charge in [0.25, 0.3) is 0 Å². The summed E-state index contributed by atoms with van der Waals surface area (Å²) in [5.41, 5.74) is -0.119. The number of unbranched alkanes of at least 4 members (excludes halogenated alkanes) is 4. The van der Waals surface area contributed by atoms with Gasteiger partial charge in [0, 0.05) is 18.7 Å². The molecule has 2 aromatic rings. The van der Waals surface area contributed by atoms with Gasteiger partial charge in [-0.2, -0.15) is 13.2 Å². The summed E-state index contributed by atoms with van der Waals surface area (Å²) in [5, 5.41) is 2.31. The van der Waals surface area contributed by atoms with Gasteiger partial charge in [0.05, 0.1) is 11.3 Å². The Balaban J connectivity index is 1.82. The van der Waals surface area contributed by atoms with E-state index in [1.807, 2.05) is 6.07 Å². The van der Waals surface area contributed by atoms with E-state index in [1.165, 1.54) is 17.0 Å². The number of rotatable bonds is 9. The number of hydrogen-bond acceptors (Lipinski definition) is 4. The van der Waals surface area contributed by atoms with E-state index in [1.54, 1.807) is 24.3 Å². The second-order valence-electron chi connectivity index (χ2n) is 8.07. The lowest BCUT2D eigenvalue weighted by molar-refractivity contribution is -0.137. The molecule has 0 radical (unpaired) electrons. The summed E-state index contributed by atoms with van der Waals surface area (Å²) < 4.78 is 39.5. The molecule has 5 nitrogen and oxygen atoms in total. The van der Waals surface area contributed by atoms with Crippen molar-refractivity contribution in [3.05, 3.63) is 60.2 Å². The number of aliphatic imine (C=N–C) groups is 1. The maximum Gasteiger partial charge on any atom is 0.416 e. The number of carbonyl (C=O) groups is 2. The third kappa shape index (κ3) is 7.35. The molecule has 182 valence electrons. The number of amidine groups is 1. The highest BCUT2D eigenvalue weighted by Crippen LogP contribution is 2.34. The first kappa shape index (κ1) is 25.8. The molecule has 2 aromatic carbocycles. The maximum absolute atomic E-state index is 13.2. The fraction of sp³-hybridized carbons (Fsp3) is 0.400. The molecule has 34 heavy (non-hydrogen) atoms. The average molecular weight is 492 g/mol. The molecule has 0 spiro atoms. The first-order chi connectivity index (χ1) is 16.3. The van der Waals surface area contributed by atoms with Gasteiger partial charge in [-0.25, -0.2) is 4.99 Å². The molecule has 1 heterocycles. The van der Waals surface area contributed by atoms with Gasteiger partial charge in [0.1, 0.15) is 5.25 Å². The van der Waals surface area contributed by atoms with Gasteiger partial charge in [0.2, 0.25) is 11.8 Å². The number of benzene rings is 2. The van der Waals surface area contributed by atoms with Gasteiger partial charge < -0.3 is 5.32 Å². The van der Waals surface area contributed by atoms with Gasteiger partial charge in [-0.05, 0) is 36.8 Å². The highest BCUT2D eigenvalue weighted by molar-refractivity contribution is 8.15. The quantitative estimate of drug-likeness (QED) is 0.400. The van der Waals surface area contributed by atoms with Crippen LogP contribution in [0.1, 0.15) is 51.0 Å². The third-order valence-electron chi connectivity index (χ3n) is 5.36. The van der Waals surface area contributed by atoms with Crippen LogP contribution in [0.4, 0.5) is 24.5 Å². The van der Waals surface area contributed by atoms with Crippen molar-refractivity contribution in [2.24, 2.45) is 4.99 Å². The fourth-order valence-electron chi connectivity index (χ4n) is 3.54. The van der Waals surface area contributed by atoms with Crippen LogP contribution >= 0.6 is 11.8 Å². The predicted octanol–water partition coefficient (Wildman–Crippen LogP) is 6.64. The van der Waals surface area contributed by atoms with Crippen LogP contribution in [0.3, 0.4) is 0 Å². The Morgan fingerprint density at radius 2 is 1.82 bits per heavy atom. The molecule has 0 aromatic heterocycles. The Morgan fingerprint density at radius 3 is 2.53 bits per heavy atom. The molecular weight excluding hydrogens is 463 g/mol. The molecule has 1 unspecified atom stereocenters. The Hall–Kier alpha value is -2.81. The van der Waals surface area contributed by atoms with Crippen LogP contribution in [0.2, 0.25) is 0 Å². The number of para-hydroxylation sites is 1. The lowest BCUT2D eigenvalue weighted by Crippen LogP contribution is -2.45. The Bertz CT molecular complexity index is 1010. The summed E-state index contributed by atoms with van der Waals surface area (Å²) in [4.78, 5) is 31.7. The number of nitrogens with one attached hydrogen (secondary N) is 1. The number of halogens is 3. The van der Waals surface area contributed by atoms with Crippen molar-refractivity contribution < 1.29 is 22.8 Å². The fourth-order valence-corrected chi connectivity index (χ4v) is 4.67. The minimum atomic E-state index is -4.50. The molecule has 1 saturated heterocycles. The van der Waals surface area contributed by atoms with Crippen molar-refractivity contribution in [1.29, 1.82) is 0 Å². The van der Waals surface area contributed by atoms with Crippen LogP contribution < -0.4 is 5.32 Å². The number of alkyl halides is 3. The molecule has 1 aliphatic rings. The van der Waals surface area contributed by atoms with Crippen LogP contribution in [0.5, 0.6) is 0 Å². The summed E-state index contributed by atoms with van der Waals surface area (Å²) in [7, 11) is 0. The number of carbonyl (C=O) groups excluding carboxylic acids is 2. The molecule has 1 aliphatic heterocycles. The number of nitrogens with zero attached hydrogens (tertiary/aromatic N) is 2. The van der Waals surface area contributed by atoms with Crippen molar-refractivity contribution in [2.45, 2.75) is 56.9 Å². The first-order valence-electron chi connectivity index (χ1n) is 11.4. The average Bonchev–Trinajstić information content (AvgIpc) is 2.80. The summed E-state index contributed by atoms with van der Waals surface area (Å²) in [6.45, 7) is 2.53. The minimum Gasteiger partial charge on any atom is -0.325 e. The molecular formula is C25H28F3N3O2S. The molecule has 0 bridgehead atoms. The van der Waals surface area contributed by atoms with E-state index in [2.05, 4.69) is 17.2 Å². The van der Waals surface area contributed by atoms with Gasteiger partial charge in [-0.15, -0.1) is 0 Å². The largest absolute Gasteiger partial charge is 0.416 e. The summed E-state index contributed by atoms with van der Waals surface area (Å²) in [6, 6.07) is 13.6. The molecule has 9 heteroatoms. The summed E-state index contributed by atoms with van der Waals surface area (Å²) in [5.74, 6) is -0.600. The summed E-state index contributed by atoms with van der Waals surface area (Å²) in [6.07, 6.45) is 0.455. The van der Waals surface area contributed by atoms with E-state index >= 15 is 0 Å². The topological polar surface area (TPSA) is 61.8 Å². The van der Waals surface area contributed by atoms with Crippen molar-refractivity contribution in [3.63, 3.8) is 0 Å². The van der Waals surface area contributed by atoms with Crippen molar-refractivity contribution in [3.8, 4) is 0 Å². The van der Waals surface area contributed by atoms with Crippen LogP contribution in [0, 0.1) is 0 Å². The predicted molar refractivity (Wildman–Crippen MR) is 130 cm³/mol. The van der Waals surface area contributed by atoms with Gasteiger partial charge in [-0.1, -0.05) is 68.6 Å². The van der Waals surface area contributed by atoms with Crippen LogP contribution in [-0.4, -0.2) is 33.7 Å². The van der Waals surface area contributed by atoms with E-state index in [0.717, 1.165) is 56.0 Å². The van der Waals surface area contributed by atoms with Crippen LogP contribution in [0.25, 0.3) is 0 Å². The number of amides is 2. The van der Waals surface area contributed by atoms with Gasteiger partial charge in [-0.3, -0.25) is 14.5 Å². The molecule has 1 N–H and O–H groups in total. The summed E-state index contributed by atoms with van der Waals surface area (Å²) >= 11 is 1.11. The molecule has 0 aliphatic carbocycles. The number of hydrogen-bond donors (Lipinski definition) is 1. The standard InChI is InChI=1S/C25H28F3N3O2S/c1-2-3-4-5-9-15-31-22(32)17-21(23(33)29-19-12-7-6-8-13-19)34-24(31)30-20-14-10-11-18(16-20)25(26,27)28/h6-8,10-14,16,21H,2-5,9,15,17H2,1H3,(H,29,33). The van der Waals surface area contributed by atoms with E-state index in [-0.39, 0.29) is 29.1 Å². The van der Waals surface area contributed by atoms with Crippen LogP contribution in [0.15, 0.2) is 59.6 Å². The first-order valence-corrected chi connectivity index (χ1v) is 12.2. The number of anilines is 1. The zero-order chi connectivity index (χ0) is 24.6. The van der Waals surface area contributed by atoms with Crippen LogP contribution in [-0.2, 0) is 15.8 Å². The molecule has 1 atom stereocenters. The lowest BCUT2D eigenvalue weighted by atomic mass is 10.1. The van der Waals surface area contributed by atoms with Crippen molar-refractivity contribution >= 4 is 40.1 Å². The zero-order valence-corrected chi connectivity index (χ0v) is 19.8. The number of thioether (sulfide) groups is 1. The second kappa shape index (κ2) is 12.1. The normalized spacial score (nSPS) is 17.8. The van der Waals surface area contributed by atoms with Gasteiger partial charge >= 0.3 is 6.18 Å². The monoisotopic (exact) mass is 491 g/mol. The van der Waals surface area contributed by atoms with Gasteiger partial charge in [0.15, 0.2) is 5.17 Å². The Labute approximate surface area is 201 Å². The van der Waals surface area contributed by atoms with E-state index in [0.29, 0.717) is 12.2 Å². The van der Waals surface area contributed by atoms with E-state index in [9.17, 15) is 22.8 Å². The molecule has 2 amide bonds. The third-order valence-corrected chi connectivity index (χ3v) is 6.54. The zero-order valence-electron chi connectivity index (χ0n) is 19.0. The highest BCUT2D eigenvalue weighted by atomic mass is 32.2. The lowest BCUT2D eigenvalue weighted by Gasteiger charge is -2.32. The molecule has 3 rings (SSSR count). The molecule has 1 fully saturated rings. The van der Waals surface area contributed by atoms with Crippen molar-refractivity contribution in [2.75, 3.05) is 11.9 Å². The van der Waals surface area contributed by atoms with E-state index < -0.39 is 17.0 Å². The van der Waals surface area contributed by atoms with Crippen molar-refractivity contribution in [1.82, 2.24) is 4.90 Å². The second-order valence-corrected chi connectivity index (χ2v) is 9.24. The SMILES string of the molecule is CCCCCCCN1C(=O)CC(C(=O)Nc2ccccc2)SC1=Nc1cccc(C(F)(F)F)c1. The minimum absolute atomic E-state index is 0.0000949. The highest BCUT2D eigenvalue weighted by Gasteiger charge is 2.36. The smallest absolute Gasteiger partial charge is 0.325 e. The molecule has 0 saturated carbocycles. The Kier molecular flexibility index (Phi) is 9.15. The maximum atomic E-state index is 13.2.